The molecule has 2 aromatic heterocycles. The number of halogens is 4. The Morgan fingerprint density at radius 3 is 2.49 bits per heavy atom. The summed E-state index contributed by atoms with van der Waals surface area (Å²) in [6.45, 7) is -0.301. The van der Waals surface area contributed by atoms with Crippen LogP contribution in [-0.4, -0.2) is 58.5 Å². The van der Waals surface area contributed by atoms with Gasteiger partial charge in [-0.2, -0.15) is 13.2 Å². The molecule has 0 radical (unpaired) electrons. The highest BCUT2D eigenvalue weighted by Crippen LogP contribution is 2.47. The second-order valence-corrected chi connectivity index (χ2v) is 9.92. The molecule has 43 heavy (non-hydrogen) atoms. The first-order chi connectivity index (χ1) is 20.3. The van der Waals surface area contributed by atoms with Crippen LogP contribution in [0.15, 0.2) is 59.3 Å². The van der Waals surface area contributed by atoms with Crippen LogP contribution in [0.4, 0.5) is 17.6 Å². The lowest BCUT2D eigenvalue weighted by atomic mass is 9.81. The predicted molar refractivity (Wildman–Crippen MR) is 140 cm³/mol. The molecule has 0 aliphatic carbocycles. The van der Waals surface area contributed by atoms with Crippen molar-refractivity contribution in [3.8, 4) is 34.2 Å². The number of carbonyl (C=O) groups excluding carboxylic acids is 2. The molecule has 224 valence electrons. The van der Waals surface area contributed by atoms with Gasteiger partial charge in [0.1, 0.15) is 35.0 Å². The van der Waals surface area contributed by atoms with E-state index in [4.69, 9.17) is 19.6 Å². The van der Waals surface area contributed by atoms with Crippen molar-refractivity contribution in [3.63, 3.8) is 0 Å². The molecular weight excluding hydrogens is 578 g/mol. The zero-order valence-corrected chi connectivity index (χ0v) is 22.5. The SMILES string of the molecule is COc1cc(C(=O)NCC(O)(c2cc3c(c(-c4ccc(F)cc4)n2)OC[C@]3(C)C(N)=O)C(F)(F)F)ccc1-c1nnco1. The number of primary amides is 1. The number of nitrogens with two attached hydrogens (primary N) is 1. The summed E-state index contributed by atoms with van der Waals surface area (Å²) >= 11 is 0. The number of methoxy groups -OCH3 is 1. The Kier molecular flexibility index (Phi) is 7.29. The van der Waals surface area contributed by atoms with Crippen LogP contribution in [0.1, 0.15) is 28.5 Å². The van der Waals surface area contributed by atoms with Gasteiger partial charge in [0.2, 0.25) is 17.9 Å². The fraction of sp³-hybridized carbons (Fsp3) is 0.250. The molecule has 3 heterocycles. The maximum atomic E-state index is 14.6. The number of hydrogen-bond acceptors (Lipinski definition) is 9. The van der Waals surface area contributed by atoms with Gasteiger partial charge in [-0.15, -0.1) is 10.2 Å². The van der Waals surface area contributed by atoms with E-state index in [1.807, 2.05) is 0 Å². The average molecular weight is 602 g/mol. The van der Waals surface area contributed by atoms with Crippen LogP contribution >= 0.6 is 0 Å². The quantitative estimate of drug-likeness (QED) is 0.257. The number of rotatable bonds is 8. The molecule has 1 aliphatic rings. The number of fused-ring (bicyclic) bond motifs is 1. The maximum Gasteiger partial charge on any atom is 0.424 e. The lowest BCUT2D eigenvalue weighted by Crippen LogP contribution is -2.51. The summed E-state index contributed by atoms with van der Waals surface area (Å²) in [5.74, 6) is -2.33. The lowest BCUT2D eigenvalue weighted by molar-refractivity contribution is -0.265. The highest BCUT2D eigenvalue weighted by atomic mass is 19.4. The summed E-state index contributed by atoms with van der Waals surface area (Å²) in [5.41, 5.74) is -0.559. The molecule has 15 heteroatoms. The summed E-state index contributed by atoms with van der Waals surface area (Å²) in [6, 6.07) is 9.45. The van der Waals surface area contributed by atoms with Crippen LogP contribution in [0, 0.1) is 5.82 Å². The van der Waals surface area contributed by atoms with Gasteiger partial charge >= 0.3 is 6.18 Å². The summed E-state index contributed by atoms with van der Waals surface area (Å²) in [6.07, 6.45) is -4.29. The number of amides is 2. The van der Waals surface area contributed by atoms with E-state index in [1.165, 1.54) is 44.4 Å². The highest BCUT2D eigenvalue weighted by Gasteiger charge is 2.57. The average Bonchev–Trinajstić information content (AvgIpc) is 3.64. The van der Waals surface area contributed by atoms with E-state index in [9.17, 15) is 32.3 Å². The number of carbonyl (C=O) groups is 2. The van der Waals surface area contributed by atoms with Crippen molar-refractivity contribution in [2.24, 2.45) is 5.73 Å². The zero-order chi connectivity index (χ0) is 31.2. The Bertz CT molecular complexity index is 1700. The van der Waals surface area contributed by atoms with Crippen molar-refractivity contribution in [2.45, 2.75) is 24.1 Å². The molecule has 0 bridgehead atoms. The van der Waals surface area contributed by atoms with Gasteiger partial charge in [-0.05, 0) is 55.5 Å². The van der Waals surface area contributed by atoms with E-state index in [-0.39, 0.29) is 46.4 Å². The predicted octanol–water partition coefficient (Wildman–Crippen LogP) is 3.26. The first-order valence-corrected chi connectivity index (χ1v) is 12.5. The molecule has 0 spiro atoms. The minimum atomic E-state index is -5.37. The number of aromatic nitrogens is 3. The molecule has 1 unspecified atom stereocenters. The van der Waals surface area contributed by atoms with E-state index in [1.54, 1.807) is 0 Å². The van der Waals surface area contributed by atoms with Crippen molar-refractivity contribution in [3.05, 3.63) is 77.6 Å². The fourth-order valence-electron chi connectivity index (χ4n) is 4.55. The van der Waals surface area contributed by atoms with Gasteiger partial charge in [0, 0.05) is 16.7 Å². The van der Waals surface area contributed by atoms with Crippen LogP contribution in [-0.2, 0) is 15.8 Å². The number of nitrogens with one attached hydrogen (secondary N) is 1. The van der Waals surface area contributed by atoms with Crippen LogP contribution in [0.5, 0.6) is 11.5 Å². The van der Waals surface area contributed by atoms with Gasteiger partial charge in [0.15, 0.2) is 0 Å². The third-order valence-corrected chi connectivity index (χ3v) is 7.19. The molecule has 4 N–H and O–H groups in total. The van der Waals surface area contributed by atoms with Crippen molar-refractivity contribution in [2.75, 3.05) is 20.3 Å². The number of pyridine rings is 1. The van der Waals surface area contributed by atoms with Crippen LogP contribution in [0.25, 0.3) is 22.7 Å². The molecule has 0 fully saturated rings. The minimum absolute atomic E-state index is 0.0429. The smallest absolute Gasteiger partial charge is 0.424 e. The molecule has 2 aromatic carbocycles. The second kappa shape index (κ2) is 10.7. The highest BCUT2D eigenvalue weighted by molar-refractivity contribution is 5.95. The van der Waals surface area contributed by atoms with E-state index in [0.717, 1.165) is 24.6 Å². The van der Waals surface area contributed by atoms with Crippen molar-refractivity contribution in [1.82, 2.24) is 20.5 Å². The van der Waals surface area contributed by atoms with Gasteiger partial charge in [0.25, 0.3) is 11.8 Å². The molecule has 1 aliphatic heterocycles. The monoisotopic (exact) mass is 601 g/mol. The van der Waals surface area contributed by atoms with Gasteiger partial charge in [-0.1, -0.05) is 0 Å². The first kappa shape index (κ1) is 29.4. The molecule has 11 nitrogen and oxygen atoms in total. The molecule has 2 atom stereocenters. The van der Waals surface area contributed by atoms with Crippen LogP contribution < -0.4 is 20.5 Å². The molecule has 2 amide bonds. The fourth-order valence-corrected chi connectivity index (χ4v) is 4.55. The van der Waals surface area contributed by atoms with E-state index in [2.05, 4.69) is 20.5 Å². The number of aliphatic hydroxyl groups is 1. The number of hydrogen-bond donors (Lipinski definition) is 3. The van der Waals surface area contributed by atoms with Crippen LogP contribution in [0.3, 0.4) is 0 Å². The van der Waals surface area contributed by atoms with Crippen molar-refractivity contribution < 1.29 is 46.1 Å². The summed E-state index contributed by atoms with van der Waals surface area (Å²) in [7, 11) is 1.31. The first-order valence-electron chi connectivity index (χ1n) is 12.5. The minimum Gasteiger partial charge on any atom is -0.496 e. The number of alkyl halides is 3. The third kappa shape index (κ3) is 5.11. The third-order valence-electron chi connectivity index (χ3n) is 7.19. The summed E-state index contributed by atoms with van der Waals surface area (Å²) in [4.78, 5) is 29.4. The molecule has 0 saturated heterocycles. The van der Waals surface area contributed by atoms with E-state index >= 15 is 0 Å². The van der Waals surface area contributed by atoms with Crippen molar-refractivity contribution >= 4 is 11.8 Å². The second-order valence-electron chi connectivity index (χ2n) is 9.92. The van der Waals surface area contributed by atoms with Crippen molar-refractivity contribution in [1.29, 1.82) is 0 Å². The Morgan fingerprint density at radius 1 is 1.16 bits per heavy atom. The van der Waals surface area contributed by atoms with Gasteiger partial charge in [-0.3, -0.25) is 9.59 Å². The summed E-state index contributed by atoms with van der Waals surface area (Å²) in [5, 5.41) is 20.6. The topological polar surface area (TPSA) is 163 Å². The Hall–Kier alpha value is -5.05. The molecule has 0 saturated carbocycles. The van der Waals surface area contributed by atoms with Crippen LogP contribution in [0.2, 0.25) is 0 Å². The molecular formula is C28H23F4N5O6. The maximum absolute atomic E-state index is 14.6. The number of ether oxygens (including phenoxy) is 2. The van der Waals surface area contributed by atoms with E-state index in [0.29, 0.717) is 5.56 Å². The van der Waals surface area contributed by atoms with E-state index < -0.39 is 47.1 Å². The largest absolute Gasteiger partial charge is 0.496 e. The zero-order valence-electron chi connectivity index (χ0n) is 22.5. The standard InChI is InChI=1S/C28H23F4N5O6/c1-26(25(33)39)12-42-22-18(26)10-20(36-21(22)14-3-6-16(29)7-4-14)27(40,28(30,31)32)11-34-23(38)15-5-8-17(19(9-15)41-2)24-37-35-13-43-24/h3-10,13,40H,11-12H2,1-2H3,(H2,33,39)(H,34,38)/t26-,27?/m0/s1. The Labute approximate surface area is 240 Å². The lowest BCUT2D eigenvalue weighted by Gasteiger charge is -2.31. The molecule has 5 rings (SSSR count). The molecule has 4 aromatic rings. The Balaban J connectivity index is 1.55. The van der Waals surface area contributed by atoms with Gasteiger partial charge < -0.3 is 30.0 Å². The summed E-state index contributed by atoms with van der Waals surface area (Å²) < 4.78 is 73.5. The number of benzene rings is 2. The van der Waals surface area contributed by atoms with Gasteiger partial charge in [-0.25, -0.2) is 9.37 Å². The Morgan fingerprint density at radius 2 is 1.88 bits per heavy atom. The number of nitrogens with zero attached hydrogens (tertiary/aromatic N) is 3. The van der Waals surface area contributed by atoms with Gasteiger partial charge in [0.05, 0.1) is 24.9 Å². The normalized spacial score (nSPS) is 17.5.